The van der Waals surface area contributed by atoms with E-state index < -0.39 is 228 Å². The fourth-order valence-electron chi connectivity index (χ4n) is 4.74. The van der Waals surface area contributed by atoms with Crippen LogP contribution in [0.4, 0.5) is 0 Å². The van der Waals surface area contributed by atoms with E-state index in [-0.39, 0.29) is 0 Å². The lowest BCUT2D eigenvalue weighted by atomic mass is 9.84. The van der Waals surface area contributed by atoms with Crippen molar-refractivity contribution in [2.75, 3.05) is 0 Å². The van der Waals surface area contributed by atoms with Gasteiger partial charge in [0.15, 0.2) is 0 Å². The Morgan fingerprint density at radius 3 is 1.40 bits per heavy atom. The van der Waals surface area contributed by atoms with Gasteiger partial charge in [-0.05, 0) is 76.5 Å². The van der Waals surface area contributed by atoms with E-state index in [9.17, 15) is 12.3 Å². The second-order valence-corrected chi connectivity index (χ2v) is 8.56. The summed E-state index contributed by atoms with van der Waals surface area (Å²) in [5, 5.41) is -4.89. The highest BCUT2D eigenvalue weighted by atomic mass is 14.2. The number of rotatable bonds is 3. The molecule has 0 aliphatic rings. The molecule has 186 valence electrons. The topological polar surface area (TPSA) is 0 Å². The van der Waals surface area contributed by atoms with E-state index in [0.29, 0.717) is 0 Å². The summed E-state index contributed by atoms with van der Waals surface area (Å²) in [5.74, 6) is 0. The third-order valence-corrected chi connectivity index (χ3v) is 6.42. The summed E-state index contributed by atoms with van der Waals surface area (Å²) in [6.07, 6.45) is 0. The lowest BCUT2D eigenvalue weighted by Gasteiger charge is -2.19. The van der Waals surface area contributed by atoms with Crippen LogP contribution in [0, 0.1) is 0 Å². The molecule has 0 saturated carbocycles. The van der Waals surface area contributed by atoms with Gasteiger partial charge in [-0.1, -0.05) is 157 Å². The second kappa shape index (κ2) is 9.22. The van der Waals surface area contributed by atoms with Gasteiger partial charge in [-0.25, -0.2) is 0 Å². The standard InChI is InChI=1S/C40H26/c1-3-15-31-27(11-1)13-9-21-32(31)29-23-25-30(26-24-29)39-35-17-5-7-19-37(35)40(38-20-8-6-18-36(38)39)34-22-10-14-28-12-2-4-16-33(28)34/h1-26H/i1D,2D,4D,5D,6D,7D,8D,9D,10D,11D,12D,13D,14D,15D,16D,17D,18D,19D,20D,21D,22D,23D,24D,25D,26D. The maximum atomic E-state index is 9.47. The highest BCUT2D eigenvalue weighted by Gasteiger charge is 2.17. The van der Waals surface area contributed by atoms with E-state index in [1.807, 2.05) is 0 Å². The first-order valence-corrected chi connectivity index (χ1v) is 11.8. The van der Waals surface area contributed by atoms with Crippen molar-refractivity contribution in [3.05, 3.63) is 157 Å². The molecule has 0 nitrogen and oxygen atoms in total. The minimum atomic E-state index is -1.03. The third kappa shape index (κ3) is 3.54. The zero-order valence-electron chi connectivity index (χ0n) is 45.1. The average Bonchev–Trinajstić information content (AvgIpc) is 3.27. The molecule has 0 bridgehead atoms. The summed E-state index contributed by atoms with van der Waals surface area (Å²) in [4.78, 5) is 0. The van der Waals surface area contributed by atoms with Gasteiger partial charge >= 0.3 is 0 Å². The van der Waals surface area contributed by atoms with E-state index in [4.69, 9.17) is 21.9 Å². The molecule has 8 rings (SSSR count). The summed E-state index contributed by atoms with van der Waals surface area (Å²) >= 11 is 0. The smallest absolute Gasteiger partial charge is 0.0616 e. The first kappa shape index (κ1) is 8.91. The molecule has 0 radical (unpaired) electrons. The second-order valence-electron chi connectivity index (χ2n) is 8.56. The van der Waals surface area contributed by atoms with Crippen LogP contribution in [0.25, 0.3) is 76.5 Å². The van der Waals surface area contributed by atoms with Gasteiger partial charge in [-0.15, -0.1) is 0 Å². The van der Waals surface area contributed by atoms with E-state index in [1.54, 1.807) is 0 Å². The molecule has 0 aliphatic carbocycles. The largest absolute Gasteiger partial charge is 0.0629 e. The molecular weight excluding hydrogens is 480 g/mol. The Morgan fingerprint density at radius 2 is 0.750 bits per heavy atom. The van der Waals surface area contributed by atoms with Gasteiger partial charge in [0.2, 0.25) is 0 Å². The maximum absolute atomic E-state index is 9.47. The zero-order chi connectivity index (χ0) is 48.2. The molecule has 8 aromatic carbocycles. The SMILES string of the molecule is [2H]c1cc([2H])c2c(-c3c([2H])c([2H])c(-c4c5c([2H])c([2H])c([2H])c([2H])c5c(-c5c([2H])c([2H])c([2H])c6c([2H])c([2H])c([2H])c([2H])c56)c5c([2H])c([2H])c([2H])c([2H])c45)c([2H])c3[2H])c([2H])c([2H])c([2H])c2c1[2H]. The fourth-order valence-corrected chi connectivity index (χ4v) is 4.74. The third-order valence-electron chi connectivity index (χ3n) is 6.42. The quantitative estimate of drug-likeness (QED) is 0.199. The predicted octanol–water partition coefficient (Wildman–Crippen LogP) is 11.3. The Morgan fingerprint density at radius 1 is 0.300 bits per heavy atom. The van der Waals surface area contributed by atoms with Crippen molar-refractivity contribution in [1.82, 2.24) is 0 Å². The molecule has 0 saturated heterocycles. The van der Waals surface area contributed by atoms with Gasteiger partial charge in [0.05, 0.1) is 34.3 Å². The summed E-state index contributed by atoms with van der Waals surface area (Å²) in [6, 6.07) is -21.1. The van der Waals surface area contributed by atoms with Crippen molar-refractivity contribution in [2.24, 2.45) is 0 Å². The van der Waals surface area contributed by atoms with Crippen molar-refractivity contribution in [1.29, 1.82) is 0 Å². The van der Waals surface area contributed by atoms with E-state index >= 15 is 0 Å². The van der Waals surface area contributed by atoms with Gasteiger partial charge in [-0.2, -0.15) is 0 Å². The van der Waals surface area contributed by atoms with Gasteiger partial charge in [-0.3, -0.25) is 0 Å². The summed E-state index contributed by atoms with van der Waals surface area (Å²) in [7, 11) is 0. The Balaban J connectivity index is 1.71. The Kier molecular flexibility index (Phi) is 2.05. The summed E-state index contributed by atoms with van der Waals surface area (Å²) in [6.45, 7) is 0. The van der Waals surface area contributed by atoms with Crippen molar-refractivity contribution in [3.8, 4) is 33.4 Å². The van der Waals surface area contributed by atoms with Crippen LogP contribution in [0.3, 0.4) is 0 Å². The van der Waals surface area contributed by atoms with Crippen molar-refractivity contribution < 1.29 is 34.3 Å². The zero-order valence-corrected chi connectivity index (χ0v) is 20.1. The highest BCUT2D eigenvalue weighted by molar-refractivity contribution is 6.23. The minimum absolute atomic E-state index is 0.419. The molecule has 0 atom stereocenters. The molecule has 0 N–H and O–H groups in total. The molecule has 40 heavy (non-hydrogen) atoms. The lowest BCUT2D eigenvalue weighted by molar-refractivity contribution is 1.63. The van der Waals surface area contributed by atoms with Crippen LogP contribution in [-0.2, 0) is 0 Å². The molecule has 0 fully saturated rings. The predicted molar refractivity (Wildman–Crippen MR) is 173 cm³/mol. The van der Waals surface area contributed by atoms with Crippen LogP contribution < -0.4 is 0 Å². The molecular formula is C40H26. The van der Waals surface area contributed by atoms with E-state index in [1.165, 1.54) is 0 Å². The van der Waals surface area contributed by atoms with Crippen LogP contribution in [0.15, 0.2) is 157 Å². The van der Waals surface area contributed by atoms with Crippen LogP contribution >= 0.6 is 0 Å². The molecule has 0 heterocycles. The van der Waals surface area contributed by atoms with Gasteiger partial charge in [0.1, 0.15) is 0 Å². The van der Waals surface area contributed by atoms with Crippen LogP contribution in [0.5, 0.6) is 0 Å². The molecule has 0 amide bonds. The monoisotopic (exact) mass is 531 g/mol. The number of fused-ring (bicyclic) bond motifs is 4. The Bertz CT molecular complexity index is 3480. The molecule has 0 aromatic heterocycles. The van der Waals surface area contributed by atoms with Gasteiger partial charge < -0.3 is 0 Å². The van der Waals surface area contributed by atoms with Crippen LogP contribution in [0.1, 0.15) is 34.3 Å². The molecule has 0 unspecified atom stereocenters. The first-order valence-electron chi connectivity index (χ1n) is 24.3. The normalized spacial score (nSPS) is 20.2. The van der Waals surface area contributed by atoms with Gasteiger partial charge in [0.25, 0.3) is 0 Å². The van der Waals surface area contributed by atoms with E-state index in [2.05, 4.69) is 0 Å². The number of benzene rings is 8. The summed E-state index contributed by atoms with van der Waals surface area (Å²) in [5.41, 5.74) is -4.18. The van der Waals surface area contributed by atoms with Crippen LogP contribution in [0.2, 0.25) is 0 Å². The Hall–Kier alpha value is -5.20. The van der Waals surface area contributed by atoms with Crippen LogP contribution in [-0.4, -0.2) is 0 Å². The van der Waals surface area contributed by atoms with Crippen molar-refractivity contribution in [3.63, 3.8) is 0 Å². The lowest BCUT2D eigenvalue weighted by Crippen LogP contribution is -1.91. The number of hydrogen-bond acceptors (Lipinski definition) is 0. The van der Waals surface area contributed by atoms with Crippen molar-refractivity contribution in [2.45, 2.75) is 0 Å². The molecule has 0 heteroatoms. The van der Waals surface area contributed by atoms with Crippen molar-refractivity contribution >= 4 is 43.1 Å². The highest BCUT2D eigenvalue weighted by Crippen LogP contribution is 2.45. The van der Waals surface area contributed by atoms with E-state index in [0.717, 1.165) is 6.07 Å². The fraction of sp³-hybridized carbons (Fsp3) is 0. The summed E-state index contributed by atoms with van der Waals surface area (Å²) < 4.78 is 222. The van der Waals surface area contributed by atoms with Gasteiger partial charge in [0, 0.05) is 0 Å². The first-order chi connectivity index (χ1) is 30.3. The Labute approximate surface area is 268 Å². The minimum Gasteiger partial charge on any atom is -0.0616 e. The maximum Gasteiger partial charge on any atom is 0.0629 e. The number of hydrogen-bond donors (Lipinski definition) is 0. The molecule has 0 spiro atoms. The molecule has 0 aliphatic heterocycles. The molecule has 8 aromatic rings. The average molecular weight is 532 g/mol.